The van der Waals surface area contributed by atoms with Gasteiger partial charge in [0, 0.05) is 21.8 Å². The molecule has 144 valence electrons. The van der Waals surface area contributed by atoms with Crippen LogP contribution in [0.5, 0.6) is 0 Å². The molecule has 0 fully saturated rings. The maximum atomic E-state index is 3.58. The van der Waals surface area contributed by atoms with Gasteiger partial charge in [-0.25, -0.2) is 0 Å². The zero-order valence-electron chi connectivity index (χ0n) is 16.9. The number of hydrogen-bond donors (Lipinski definition) is 1. The van der Waals surface area contributed by atoms with Gasteiger partial charge in [0.05, 0.1) is 0 Å². The van der Waals surface area contributed by atoms with Crippen molar-refractivity contribution in [1.29, 1.82) is 0 Å². The Morgan fingerprint density at radius 3 is 1.65 bits per heavy atom. The van der Waals surface area contributed by atoms with Crippen molar-refractivity contribution in [2.75, 3.05) is 0 Å². The highest BCUT2D eigenvalue weighted by Gasteiger charge is 2.13. The number of para-hydroxylation sites is 1. The van der Waals surface area contributed by atoms with Crippen molar-refractivity contribution in [2.45, 2.75) is 0 Å². The average molecular weight is 393 g/mol. The van der Waals surface area contributed by atoms with Crippen molar-refractivity contribution in [3.8, 4) is 11.1 Å². The Morgan fingerprint density at radius 2 is 0.935 bits per heavy atom. The summed E-state index contributed by atoms with van der Waals surface area (Å²) < 4.78 is 0. The van der Waals surface area contributed by atoms with Crippen molar-refractivity contribution < 1.29 is 0 Å². The van der Waals surface area contributed by atoms with Gasteiger partial charge in [0.2, 0.25) is 0 Å². The third-order valence-corrected chi connectivity index (χ3v) is 6.59. The second kappa shape index (κ2) is 6.20. The number of benzene rings is 6. The molecule has 1 nitrogen and oxygen atoms in total. The lowest BCUT2D eigenvalue weighted by Crippen LogP contribution is -1.85. The molecular formula is C30H19N. The van der Waals surface area contributed by atoms with Crippen molar-refractivity contribution in [3.05, 3.63) is 109 Å². The first kappa shape index (κ1) is 16.7. The number of rotatable bonds is 1. The van der Waals surface area contributed by atoms with E-state index in [-0.39, 0.29) is 0 Å². The number of hydrogen-bond acceptors (Lipinski definition) is 0. The Bertz CT molecular complexity index is 1750. The quantitative estimate of drug-likeness (QED) is 0.269. The zero-order valence-corrected chi connectivity index (χ0v) is 16.9. The number of nitrogens with one attached hydrogen (secondary N) is 1. The van der Waals surface area contributed by atoms with Gasteiger partial charge in [0.15, 0.2) is 0 Å². The molecule has 0 aliphatic rings. The Hall–Kier alpha value is -4.10. The van der Waals surface area contributed by atoms with Gasteiger partial charge < -0.3 is 4.98 Å². The lowest BCUT2D eigenvalue weighted by atomic mass is 9.91. The van der Waals surface area contributed by atoms with Gasteiger partial charge in [0.1, 0.15) is 0 Å². The maximum Gasteiger partial charge on any atom is 0.0471 e. The molecule has 0 radical (unpaired) electrons. The van der Waals surface area contributed by atoms with Gasteiger partial charge in [-0.15, -0.1) is 0 Å². The van der Waals surface area contributed by atoms with Crippen LogP contribution in [0.1, 0.15) is 0 Å². The minimum atomic E-state index is 1.18. The lowest BCUT2D eigenvalue weighted by molar-refractivity contribution is 1.54. The second-order valence-corrected chi connectivity index (χ2v) is 8.25. The van der Waals surface area contributed by atoms with E-state index in [1.54, 1.807) is 0 Å². The van der Waals surface area contributed by atoms with E-state index in [4.69, 9.17) is 0 Å². The second-order valence-electron chi connectivity index (χ2n) is 8.25. The molecule has 1 heteroatoms. The summed E-state index contributed by atoms with van der Waals surface area (Å²) >= 11 is 0. The van der Waals surface area contributed by atoms with Gasteiger partial charge in [0.25, 0.3) is 0 Å². The van der Waals surface area contributed by atoms with Crippen molar-refractivity contribution in [1.82, 2.24) is 4.98 Å². The van der Waals surface area contributed by atoms with Crippen LogP contribution in [-0.2, 0) is 0 Å². The molecule has 31 heavy (non-hydrogen) atoms. The molecule has 0 atom stereocenters. The summed E-state index contributed by atoms with van der Waals surface area (Å²) in [6.45, 7) is 0. The highest BCUT2D eigenvalue weighted by molar-refractivity contribution is 6.26. The smallest absolute Gasteiger partial charge is 0.0471 e. The molecule has 0 bridgehead atoms. The fourth-order valence-electron chi connectivity index (χ4n) is 5.22. The van der Waals surface area contributed by atoms with E-state index in [0.29, 0.717) is 0 Å². The van der Waals surface area contributed by atoms with Gasteiger partial charge in [-0.05, 0) is 61.6 Å². The number of fused-ring (bicyclic) bond motifs is 9. The number of aromatic amines is 1. The topological polar surface area (TPSA) is 15.8 Å². The first-order chi connectivity index (χ1) is 15.4. The van der Waals surface area contributed by atoms with Crippen LogP contribution in [-0.4, -0.2) is 4.98 Å². The standard InChI is InChI=1S/C30H19N/c1-2-10-23-21(8-1)22-9-3-4-11-24(22)27-18-19(16-17-25(23)27)20-13-7-15-29-30(20)26-12-5-6-14-28(26)31-29/h1-18,31H. The van der Waals surface area contributed by atoms with Crippen LogP contribution in [0.15, 0.2) is 109 Å². The molecule has 7 rings (SSSR count). The SMILES string of the molecule is c1ccc2c(c1)[nH]c1cccc(-c3ccc4c5ccccc5c5ccccc5c4c3)c12. The van der Waals surface area contributed by atoms with E-state index in [0.717, 1.165) is 0 Å². The minimum Gasteiger partial charge on any atom is -0.354 e. The fraction of sp³-hybridized carbons (Fsp3) is 0. The molecule has 0 amide bonds. The molecule has 1 N–H and O–H groups in total. The monoisotopic (exact) mass is 393 g/mol. The summed E-state index contributed by atoms with van der Waals surface area (Å²) in [5.41, 5.74) is 4.89. The highest BCUT2D eigenvalue weighted by Crippen LogP contribution is 2.39. The van der Waals surface area contributed by atoms with E-state index >= 15 is 0 Å². The molecule has 0 spiro atoms. The Kier molecular flexibility index (Phi) is 3.33. The van der Waals surface area contributed by atoms with E-state index in [9.17, 15) is 0 Å². The van der Waals surface area contributed by atoms with E-state index in [1.807, 2.05) is 0 Å². The highest BCUT2D eigenvalue weighted by atomic mass is 14.7. The third-order valence-electron chi connectivity index (χ3n) is 6.59. The molecule has 7 aromatic rings. The van der Waals surface area contributed by atoms with Crippen LogP contribution in [0.3, 0.4) is 0 Å². The van der Waals surface area contributed by atoms with Gasteiger partial charge >= 0.3 is 0 Å². The van der Waals surface area contributed by atoms with Crippen molar-refractivity contribution in [3.63, 3.8) is 0 Å². The molecule has 0 aliphatic carbocycles. The van der Waals surface area contributed by atoms with Gasteiger partial charge in [-0.2, -0.15) is 0 Å². The normalized spacial score (nSPS) is 11.9. The van der Waals surface area contributed by atoms with Crippen molar-refractivity contribution >= 4 is 54.1 Å². The first-order valence-electron chi connectivity index (χ1n) is 10.7. The largest absolute Gasteiger partial charge is 0.354 e. The number of aromatic nitrogens is 1. The van der Waals surface area contributed by atoms with Gasteiger partial charge in [-0.1, -0.05) is 91.0 Å². The molecule has 0 saturated carbocycles. The van der Waals surface area contributed by atoms with E-state index < -0.39 is 0 Å². The first-order valence-corrected chi connectivity index (χ1v) is 10.7. The number of H-pyrrole nitrogens is 1. The third kappa shape index (κ3) is 2.32. The van der Waals surface area contributed by atoms with Crippen LogP contribution < -0.4 is 0 Å². The molecule has 1 aromatic heterocycles. The summed E-state index contributed by atoms with van der Waals surface area (Å²) in [4.78, 5) is 3.58. The molecule has 1 heterocycles. The average Bonchev–Trinajstić information content (AvgIpc) is 3.23. The molecular weight excluding hydrogens is 374 g/mol. The summed E-state index contributed by atoms with van der Waals surface area (Å²) in [6.07, 6.45) is 0. The summed E-state index contributed by atoms with van der Waals surface area (Å²) in [5, 5.41) is 10.4. The van der Waals surface area contributed by atoms with Crippen LogP contribution in [0.4, 0.5) is 0 Å². The Balaban J connectivity index is 1.62. The van der Waals surface area contributed by atoms with E-state index in [1.165, 1.54) is 65.3 Å². The molecule has 6 aromatic carbocycles. The Morgan fingerprint density at radius 1 is 0.387 bits per heavy atom. The summed E-state index contributed by atoms with van der Waals surface area (Å²) in [7, 11) is 0. The fourth-order valence-corrected chi connectivity index (χ4v) is 5.22. The summed E-state index contributed by atoms with van der Waals surface area (Å²) in [6, 6.07) is 39.6. The van der Waals surface area contributed by atoms with Gasteiger partial charge in [-0.3, -0.25) is 0 Å². The van der Waals surface area contributed by atoms with Crippen LogP contribution >= 0.6 is 0 Å². The zero-order chi connectivity index (χ0) is 20.4. The van der Waals surface area contributed by atoms with Crippen LogP contribution in [0.25, 0.3) is 65.3 Å². The van der Waals surface area contributed by atoms with Crippen LogP contribution in [0, 0.1) is 0 Å². The maximum absolute atomic E-state index is 3.58. The van der Waals surface area contributed by atoms with E-state index in [2.05, 4.69) is 114 Å². The summed E-state index contributed by atoms with van der Waals surface area (Å²) in [5.74, 6) is 0. The predicted molar refractivity (Wildman–Crippen MR) is 134 cm³/mol. The van der Waals surface area contributed by atoms with Crippen LogP contribution in [0.2, 0.25) is 0 Å². The predicted octanol–water partition coefficient (Wildman–Crippen LogP) is 8.45. The minimum absolute atomic E-state index is 1.18. The van der Waals surface area contributed by atoms with Crippen molar-refractivity contribution in [2.24, 2.45) is 0 Å². The molecule has 0 unspecified atom stereocenters. The molecule has 0 aliphatic heterocycles. The molecule has 0 saturated heterocycles. The Labute approximate surface area is 179 Å². The lowest BCUT2D eigenvalue weighted by Gasteiger charge is -2.12.